The summed E-state index contributed by atoms with van der Waals surface area (Å²) in [6, 6.07) is 0. The van der Waals surface area contributed by atoms with Gasteiger partial charge < -0.3 is 0 Å². The van der Waals surface area contributed by atoms with Gasteiger partial charge in [-0.3, -0.25) is 4.79 Å². The first-order chi connectivity index (χ1) is 4.59. The molecule has 0 bridgehead atoms. The summed E-state index contributed by atoms with van der Waals surface area (Å²) in [5, 5.41) is 0. The third-order valence-corrected chi connectivity index (χ3v) is 1.79. The largest absolute Gasteiger partial charge is 0.299 e. The standard InChI is InChI=1S/C9H16O/c1-5-6-7(2)8(3)9(4)10/h8H,2,5-6H2,1,3-4H3. The van der Waals surface area contributed by atoms with E-state index in [0.717, 1.165) is 18.4 Å². The Kier molecular flexibility index (Phi) is 4.01. The number of hydrogen-bond acceptors (Lipinski definition) is 1. The molecular formula is C9H16O. The van der Waals surface area contributed by atoms with Crippen molar-refractivity contribution in [3.05, 3.63) is 12.2 Å². The van der Waals surface area contributed by atoms with Crippen molar-refractivity contribution in [1.29, 1.82) is 0 Å². The summed E-state index contributed by atoms with van der Waals surface area (Å²) < 4.78 is 0. The lowest BCUT2D eigenvalue weighted by Crippen LogP contribution is -2.08. The second-order valence-corrected chi connectivity index (χ2v) is 2.74. The topological polar surface area (TPSA) is 17.1 Å². The van der Waals surface area contributed by atoms with Gasteiger partial charge in [0.25, 0.3) is 0 Å². The fourth-order valence-corrected chi connectivity index (χ4v) is 0.825. The second kappa shape index (κ2) is 4.26. The summed E-state index contributed by atoms with van der Waals surface area (Å²) in [4.78, 5) is 10.8. The Morgan fingerprint density at radius 1 is 1.60 bits per heavy atom. The van der Waals surface area contributed by atoms with Crippen molar-refractivity contribution in [3.63, 3.8) is 0 Å². The number of rotatable bonds is 4. The van der Waals surface area contributed by atoms with Crippen molar-refractivity contribution >= 4 is 5.78 Å². The Balaban J connectivity index is 3.82. The molecule has 0 aromatic rings. The Morgan fingerprint density at radius 2 is 2.10 bits per heavy atom. The summed E-state index contributed by atoms with van der Waals surface area (Å²) in [6.07, 6.45) is 2.05. The molecular weight excluding hydrogens is 124 g/mol. The zero-order valence-corrected chi connectivity index (χ0v) is 7.11. The Labute approximate surface area is 63.1 Å². The van der Waals surface area contributed by atoms with Gasteiger partial charge in [-0.2, -0.15) is 0 Å². The predicted molar refractivity (Wildman–Crippen MR) is 43.9 cm³/mol. The molecule has 0 aliphatic rings. The van der Waals surface area contributed by atoms with Crippen LogP contribution >= 0.6 is 0 Å². The monoisotopic (exact) mass is 140 g/mol. The number of ketones is 1. The highest BCUT2D eigenvalue weighted by Crippen LogP contribution is 2.14. The number of allylic oxidation sites excluding steroid dienone is 1. The first-order valence-electron chi connectivity index (χ1n) is 3.77. The quantitative estimate of drug-likeness (QED) is 0.548. The second-order valence-electron chi connectivity index (χ2n) is 2.74. The van der Waals surface area contributed by atoms with E-state index in [1.54, 1.807) is 6.92 Å². The summed E-state index contributed by atoms with van der Waals surface area (Å²) in [6.45, 7) is 9.47. The van der Waals surface area contributed by atoms with E-state index in [1.165, 1.54) is 0 Å². The molecule has 0 heterocycles. The van der Waals surface area contributed by atoms with Gasteiger partial charge in [-0.1, -0.05) is 32.4 Å². The fourth-order valence-electron chi connectivity index (χ4n) is 0.825. The molecule has 58 valence electrons. The van der Waals surface area contributed by atoms with E-state index >= 15 is 0 Å². The lowest BCUT2D eigenvalue weighted by molar-refractivity contribution is -0.119. The van der Waals surface area contributed by atoms with Gasteiger partial charge in [0.15, 0.2) is 0 Å². The smallest absolute Gasteiger partial charge is 0.136 e. The van der Waals surface area contributed by atoms with Gasteiger partial charge in [0.05, 0.1) is 0 Å². The van der Waals surface area contributed by atoms with E-state index < -0.39 is 0 Å². The number of hydrogen-bond donors (Lipinski definition) is 0. The molecule has 0 saturated heterocycles. The van der Waals surface area contributed by atoms with E-state index in [0.29, 0.717) is 0 Å². The Morgan fingerprint density at radius 3 is 2.40 bits per heavy atom. The molecule has 0 rings (SSSR count). The van der Waals surface area contributed by atoms with Gasteiger partial charge in [-0.05, 0) is 13.3 Å². The van der Waals surface area contributed by atoms with Gasteiger partial charge in [-0.25, -0.2) is 0 Å². The van der Waals surface area contributed by atoms with Crippen molar-refractivity contribution in [2.75, 3.05) is 0 Å². The molecule has 1 heteroatoms. The molecule has 10 heavy (non-hydrogen) atoms. The molecule has 1 atom stereocenters. The third-order valence-electron chi connectivity index (χ3n) is 1.79. The minimum Gasteiger partial charge on any atom is -0.299 e. The van der Waals surface area contributed by atoms with E-state index in [9.17, 15) is 4.79 Å². The lowest BCUT2D eigenvalue weighted by atomic mass is 9.95. The maximum atomic E-state index is 10.8. The molecule has 0 radical (unpaired) electrons. The van der Waals surface area contributed by atoms with Gasteiger partial charge in [-0.15, -0.1) is 0 Å². The van der Waals surface area contributed by atoms with Crippen LogP contribution in [0, 0.1) is 5.92 Å². The summed E-state index contributed by atoms with van der Waals surface area (Å²) in [5.74, 6) is 0.276. The number of carbonyl (C=O) groups is 1. The van der Waals surface area contributed by atoms with Crippen LogP contribution in [0.15, 0.2) is 12.2 Å². The van der Waals surface area contributed by atoms with Crippen LogP contribution in [0.2, 0.25) is 0 Å². The minimum atomic E-state index is 0.0555. The van der Waals surface area contributed by atoms with Crippen molar-refractivity contribution in [3.8, 4) is 0 Å². The van der Waals surface area contributed by atoms with Crippen LogP contribution in [0.3, 0.4) is 0 Å². The molecule has 0 spiro atoms. The average molecular weight is 140 g/mol. The SMILES string of the molecule is C=C(CCC)C(C)C(C)=O. The van der Waals surface area contributed by atoms with Gasteiger partial charge in [0.2, 0.25) is 0 Å². The molecule has 0 fully saturated rings. The first kappa shape index (κ1) is 9.41. The summed E-state index contributed by atoms with van der Waals surface area (Å²) in [5.41, 5.74) is 1.06. The van der Waals surface area contributed by atoms with Crippen LogP contribution in [-0.4, -0.2) is 5.78 Å². The van der Waals surface area contributed by atoms with Gasteiger partial charge >= 0.3 is 0 Å². The molecule has 0 aromatic heterocycles. The summed E-state index contributed by atoms with van der Waals surface area (Å²) in [7, 11) is 0. The first-order valence-corrected chi connectivity index (χ1v) is 3.77. The molecule has 1 unspecified atom stereocenters. The van der Waals surface area contributed by atoms with E-state index in [2.05, 4.69) is 13.5 Å². The highest BCUT2D eigenvalue weighted by atomic mass is 16.1. The predicted octanol–water partition coefficient (Wildman–Crippen LogP) is 2.57. The van der Waals surface area contributed by atoms with Crippen molar-refractivity contribution in [1.82, 2.24) is 0 Å². The fraction of sp³-hybridized carbons (Fsp3) is 0.667. The van der Waals surface area contributed by atoms with Crippen LogP contribution in [0.4, 0.5) is 0 Å². The third kappa shape index (κ3) is 2.81. The zero-order valence-electron chi connectivity index (χ0n) is 7.11. The highest BCUT2D eigenvalue weighted by Gasteiger charge is 2.09. The number of carbonyl (C=O) groups excluding carboxylic acids is 1. The van der Waals surface area contributed by atoms with Crippen molar-refractivity contribution in [2.45, 2.75) is 33.6 Å². The van der Waals surface area contributed by atoms with Crippen LogP contribution in [0.25, 0.3) is 0 Å². The molecule has 1 nitrogen and oxygen atoms in total. The van der Waals surface area contributed by atoms with Crippen molar-refractivity contribution < 1.29 is 4.79 Å². The Bertz CT molecular complexity index is 136. The molecule has 0 saturated carbocycles. The molecule has 0 N–H and O–H groups in total. The van der Waals surface area contributed by atoms with Crippen LogP contribution < -0.4 is 0 Å². The van der Waals surface area contributed by atoms with E-state index in [-0.39, 0.29) is 11.7 Å². The van der Waals surface area contributed by atoms with E-state index in [4.69, 9.17) is 0 Å². The molecule has 0 aliphatic heterocycles. The van der Waals surface area contributed by atoms with Gasteiger partial charge in [0, 0.05) is 5.92 Å². The minimum absolute atomic E-state index is 0.0555. The molecule has 0 aromatic carbocycles. The van der Waals surface area contributed by atoms with Crippen LogP contribution in [-0.2, 0) is 4.79 Å². The van der Waals surface area contributed by atoms with E-state index in [1.807, 2.05) is 6.92 Å². The lowest BCUT2D eigenvalue weighted by Gasteiger charge is -2.09. The maximum Gasteiger partial charge on any atom is 0.136 e. The van der Waals surface area contributed by atoms with Gasteiger partial charge in [0.1, 0.15) is 5.78 Å². The molecule has 0 aliphatic carbocycles. The van der Waals surface area contributed by atoms with Crippen LogP contribution in [0.5, 0.6) is 0 Å². The highest BCUT2D eigenvalue weighted by molar-refractivity contribution is 5.80. The Hall–Kier alpha value is -0.590. The summed E-state index contributed by atoms with van der Waals surface area (Å²) >= 11 is 0. The van der Waals surface area contributed by atoms with Crippen molar-refractivity contribution in [2.24, 2.45) is 5.92 Å². The molecule has 0 amide bonds. The zero-order chi connectivity index (χ0) is 8.15. The normalized spacial score (nSPS) is 12.7. The maximum absolute atomic E-state index is 10.8. The number of Topliss-reactive ketones (excluding diaryl/α,β-unsaturated/α-hetero) is 1. The van der Waals surface area contributed by atoms with Crippen LogP contribution in [0.1, 0.15) is 33.6 Å². The average Bonchev–Trinajstić information content (AvgIpc) is 1.87.